The first-order valence-corrected chi connectivity index (χ1v) is 9.95. The molecule has 0 aliphatic heterocycles. The van der Waals surface area contributed by atoms with E-state index in [0.29, 0.717) is 0 Å². The summed E-state index contributed by atoms with van der Waals surface area (Å²) >= 11 is 0. The van der Waals surface area contributed by atoms with Crippen molar-refractivity contribution < 1.29 is 19.3 Å². The van der Waals surface area contributed by atoms with Gasteiger partial charge in [-0.3, -0.25) is 0 Å². The van der Waals surface area contributed by atoms with Crippen molar-refractivity contribution in [3.05, 3.63) is 95.6 Å². The number of ether oxygens (including phenoxy) is 3. The number of aliphatic hydroxyl groups excluding tert-OH is 1. The highest BCUT2D eigenvalue weighted by Gasteiger charge is 2.40. The van der Waals surface area contributed by atoms with E-state index in [1.807, 2.05) is 85.8 Å². The zero-order valence-electron chi connectivity index (χ0n) is 17.6. The first-order valence-electron chi connectivity index (χ1n) is 9.95. The van der Waals surface area contributed by atoms with Crippen molar-refractivity contribution in [3.63, 3.8) is 0 Å². The molecule has 0 aliphatic rings. The van der Waals surface area contributed by atoms with Crippen LogP contribution in [0.1, 0.15) is 23.6 Å². The average molecular weight is 402 g/mol. The molecule has 2 unspecified atom stereocenters. The normalized spacial score (nSPS) is 13.5. The van der Waals surface area contributed by atoms with Gasteiger partial charge in [-0.05, 0) is 47.9 Å². The summed E-state index contributed by atoms with van der Waals surface area (Å²) in [5.41, 5.74) is 1.80. The van der Waals surface area contributed by atoms with E-state index < -0.39 is 17.8 Å². The van der Waals surface area contributed by atoms with E-state index in [2.05, 4.69) is 0 Å². The lowest BCUT2D eigenvalue weighted by Crippen LogP contribution is -2.40. The van der Waals surface area contributed by atoms with Gasteiger partial charge in [0, 0.05) is 0 Å². The second kappa shape index (κ2) is 9.83. The summed E-state index contributed by atoms with van der Waals surface area (Å²) in [5.74, 6) is 1.51. The summed E-state index contributed by atoms with van der Waals surface area (Å²) < 4.78 is 17.4. The maximum Gasteiger partial charge on any atom is 0.144 e. The third-order valence-electron chi connectivity index (χ3n) is 5.32. The number of hydrogen-bond donors (Lipinski definition) is 1. The largest absolute Gasteiger partial charge is 0.497 e. The molecular weight excluding hydrogens is 375 g/mol. The summed E-state index contributed by atoms with van der Waals surface area (Å²) in [6.07, 6.45) is -1.21. The van der Waals surface area contributed by atoms with E-state index in [-0.39, 0.29) is 6.32 Å². The zero-order valence-corrected chi connectivity index (χ0v) is 17.6. The van der Waals surface area contributed by atoms with Crippen molar-refractivity contribution in [2.45, 2.75) is 31.1 Å². The minimum absolute atomic E-state index is 0.108. The molecule has 0 spiro atoms. The lowest BCUT2D eigenvalue weighted by molar-refractivity contribution is -0.0875. The van der Waals surface area contributed by atoms with E-state index in [0.717, 1.165) is 28.2 Å². The molecule has 30 heavy (non-hydrogen) atoms. The van der Waals surface area contributed by atoms with Gasteiger partial charge < -0.3 is 19.3 Å². The van der Waals surface area contributed by atoms with Gasteiger partial charge in [0.15, 0.2) is 0 Å². The molecule has 0 heterocycles. The monoisotopic (exact) mass is 402 g/mol. The van der Waals surface area contributed by atoms with E-state index in [1.54, 1.807) is 14.2 Å². The Labute approximate surface area is 179 Å². The Bertz CT molecular complexity index is 863. The molecule has 154 valence electrons. The highest BCUT2D eigenvalue weighted by atomic mass is 16.5. The van der Waals surface area contributed by atoms with E-state index in [9.17, 15) is 5.11 Å². The summed E-state index contributed by atoms with van der Waals surface area (Å²) in [5, 5.41) is 10.4. The molecular formula is C25H27BO4. The van der Waals surface area contributed by atoms with Gasteiger partial charge >= 0.3 is 0 Å². The highest BCUT2D eigenvalue weighted by molar-refractivity contribution is 6.08. The van der Waals surface area contributed by atoms with Gasteiger partial charge in [-0.15, -0.1) is 0 Å². The molecule has 2 atom stereocenters. The van der Waals surface area contributed by atoms with Crippen molar-refractivity contribution in [1.82, 2.24) is 0 Å². The fraction of sp³-hybridized carbons (Fsp3) is 0.280. The minimum atomic E-state index is -0.963. The molecule has 0 aliphatic carbocycles. The van der Waals surface area contributed by atoms with Crippen molar-refractivity contribution >= 4 is 7.85 Å². The predicted octanol–water partition coefficient (Wildman–Crippen LogP) is 4.35. The van der Waals surface area contributed by atoms with Crippen LogP contribution in [-0.2, 0) is 10.3 Å². The van der Waals surface area contributed by atoms with E-state index >= 15 is 0 Å². The second-order valence-electron chi connectivity index (χ2n) is 7.13. The number of rotatable bonds is 9. The average Bonchev–Trinajstić information content (AvgIpc) is 2.82. The Morgan fingerprint density at radius 3 is 1.60 bits per heavy atom. The van der Waals surface area contributed by atoms with Crippen LogP contribution in [0.15, 0.2) is 78.9 Å². The number of aliphatic hydroxyl groups is 1. The lowest BCUT2D eigenvalue weighted by Gasteiger charge is -2.39. The quantitative estimate of drug-likeness (QED) is 0.427. The molecule has 4 nitrogen and oxygen atoms in total. The molecule has 0 saturated heterocycles. The molecule has 0 bridgehead atoms. The summed E-state index contributed by atoms with van der Waals surface area (Å²) in [4.78, 5) is 0. The van der Waals surface area contributed by atoms with Crippen LogP contribution in [-0.4, -0.2) is 39.4 Å². The summed E-state index contributed by atoms with van der Waals surface area (Å²) in [6.45, 7) is 1.84. The Morgan fingerprint density at radius 1 is 0.767 bits per heavy atom. The molecule has 3 aromatic carbocycles. The molecule has 3 rings (SSSR count). The fourth-order valence-electron chi connectivity index (χ4n) is 3.58. The maximum atomic E-state index is 10.4. The van der Waals surface area contributed by atoms with Crippen molar-refractivity contribution in [1.29, 1.82) is 0 Å². The van der Waals surface area contributed by atoms with Gasteiger partial charge in [-0.1, -0.05) is 60.9 Å². The van der Waals surface area contributed by atoms with Crippen LogP contribution in [0, 0.1) is 0 Å². The lowest BCUT2D eigenvalue weighted by atomic mass is 9.79. The van der Waals surface area contributed by atoms with Crippen LogP contribution >= 0.6 is 0 Å². The molecule has 1 N–H and O–H groups in total. The topological polar surface area (TPSA) is 47.9 Å². The Kier molecular flexibility index (Phi) is 7.19. The fourth-order valence-corrected chi connectivity index (χ4v) is 3.58. The van der Waals surface area contributed by atoms with Crippen LogP contribution in [0.2, 0.25) is 6.32 Å². The molecule has 3 aromatic rings. The Hall–Kier alpha value is -2.76. The second-order valence-corrected chi connectivity index (χ2v) is 7.13. The first kappa shape index (κ1) is 21.9. The van der Waals surface area contributed by atoms with Gasteiger partial charge in [0.05, 0.1) is 34.3 Å². The molecule has 5 heteroatoms. The van der Waals surface area contributed by atoms with Gasteiger partial charge in [-0.25, -0.2) is 0 Å². The Balaban J connectivity index is 2.25. The van der Waals surface area contributed by atoms with E-state index in [1.165, 1.54) is 0 Å². The van der Waals surface area contributed by atoms with Gasteiger partial charge in [0.25, 0.3) is 0 Å². The number of benzene rings is 3. The standard InChI is InChI=1S/C25H27BO4/c1-18(24(27)17-26)30-25(19-7-5-4-6-8-19,20-9-13-22(28-2)14-10-20)21-11-15-23(29-3)16-12-21/h4-16,18,24,27H,17H2,1-3H3. The molecule has 0 fully saturated rings. The van der Waals surface area contributed by atoms with Crippen molar-refractivity contribution in [2.24, 2.45) is 0 Å². The molecule has 0 amide bonds. The predicted molar refractivity (Wildman–Crippen MR) is 119 cm³/mol. The maximum absolute atomic E-state index is 10.4. The summed E-state index contributed by atoms with van der Waals surface area (Å²) in [7, 11) is 9.00. The SMILES string of the molecule is [B]CC(O)C(C)OC(c1ccccc1)(c1ccc(OC)cc1)c1ccc(OC)cc1. The highest BCUT2D eigenvalue weighted by Crippen LogP contribution is 2.42. The first-order chi connectivity index (χ1) is 14.5. The van der Waals surface area contributed by atoms with E-state index in [4.69, 9.17) is 22.1 Å². The third kappa shape index (κ3) is 4.37. The van der Waals surface area contributed by atoms with Crippen LogP contribution in [0.4, 0.5) is 0 Å². The molecule has 0 saturated carbocycles. The Morgan fingerprint density at radius 2 is 1.20 bits per heavy atom. The number of hydrogen-bond acceptors (Lipinski definition) is 4. The smallest absolute Gasteiger partial charge is 0.144 e. The van der Waals surface area contributed by atoms with Crippen LogP contribution in [0.3, 0.4) is 0 Å². The summed E-state index contributed by atoms with van der Waals surface area (Å²) in [6, 6.07) is 25.5. The zero-order chi connectivity index (χ0) is 21.6. The van der Waals surface area contributed by atoms with Gasteiger partial charge in [-0.2, -0.15) is 0 Å². The van der Waals surface area contributed by atoms with Crippen LogP contribution in [0.25, 0.3) is 0 Å². The van der Waals surface area contributed by atoms with Crippen LogP contribution in [0.5, 0.6) is 11.5 Å². The third-order valence-corrected chi connectivity index (χ3v) is 5.32. The minimum Gasteiger partial charge on any atom is -0.497 e. The van der Waals surface area contributed by atoms with Crippen molar-refractivity contribution in [2.75, 3.05) is 14.2 Å². The molecule has 2 radical (unpaired) electrons. The number of methoxy groups -OCH3 is 2. The van der Waals surface area contributed by atoms with Gasteiger partial charge in [0.2, 0.25) is 0 Å². The van der Waals surface area contributed by atoms with Crippen molar-refractivity contribution in [3.8, 4) is 11.5 Å². The van der Waals surface area contributed by atoms with Gasteiger partial charge in [0.1, 0.15) is 17.1 Å². The molecule has 0 aromatic heterocycles. The van der Waals surface area contributed by atoms with Crippen LogP contribution < -0.4 is 9.47 Å².